The molecule has 2 unspecified atom stereocenters. The highest BCUT2D eigenvalue weighted by Crippen LogP contribution is 2.36. The fourth-order valence-corrected chi connectivity index (χ4v) is 3.86. The second-order valence-corrected chi connectivity index (χ2v) is 7.06. The quantitative estimate of drug-likeness (QED) is 0.744. The standard InChI is InChI=1S/C19H27NO5/c1-2-24-11-17(18(21)22)14-3-5-16(6-4-14)25-13-19(23)12-20-9-7-15(19)8-10-20/h3-6,15,17,23H,2,7-13H2,1H3,(H,21,22). The summed E-state index contributed by atoms with van der Waals surface area (Å²) in [5.41, 5.74) is -0.0943. The van der Waals surface area contributed by atoms with Crippen LogP contribution >= 0.6 is 0 Å². The van der Waals surface area contributed by atoms with Gasteiger partial charge in [0.05, 0.1) is 6.61 Å². The van der Waals surface area contributed by atoms with Gasteiger partial charge >= 0.3 is 5.97 Å². The molecule has 3 saturated heterocycles. The van der Waals surface area contributed by atoms with Gasteiger partial charge in [0.25, 0.3) is 0 Å². The highest BCUT2D eigenvalue weighted by molar-refractivity contribution is 5.76. The molecule has 6 heteroatoms. The minimum absolute atomic E-state index is 0.156. The number of hydrogen-bond donors (Lipinski definition) is 2. The van der Waals surface area contributed by atoms with Crippen molar-refractivity contribution in [2.75, 3.05) is 39.5 Å². The van der Waals surface area contributed by atoms with Gasteiger partial charge in [0.1, 0.15) is 23.9 Å². The Morgan fingerprint density at radius 2 is 2.00 bits per heavy atom. The van der Waals surface area contributed by atoms with E-state index in [1.54, 1.807) is 24.3 Å². The number of rotatable bonds is 8. The molecule has 2 atom stereocenters. The number of fused-ring (bicyclic) bond motifs is 3. The van der Waals surface area contributed by atoms with E-state index in [2.05, 4.69) is 4.90 Å². The van der Waals surface area contributed by atoms with Crippen molar-refractivity contribution in [3.63, 3.8) is 0 Å². The van der Waals surface area contributed by atoms with Gasteiger partial charge in [-0.15, -0.1) is 0 Å². The summed E-state index contributed by atoms with van der Waals surface area (Å²) in [7, 11) is 0. The Kier molecular flexibility index (Phi) is 5.61. The monoisotopic (exact) mass is 349 g/mol. The van der Waals surface area contributed by atoms with Crippen LogP contribution in [0.5, 0.6) is 5.75 Å². The van der Waals surface area contributed by atoms with Gasteiger partial charge in [-0.3, -0.25) is 4.79 Å². The van der Waals surface area contributed by atoms with Crippen molar-refractivity contribution in [2.45, 2.75) is 31.3 Å². The van der Waals surface area contributed by atoms with Crippen molar-refractivity contribution >= 4 is 5.97 Å². The molecule has 0 saturated carbocycles. The van der Waals surface area contributed by atoms with Gasteiger partial charge in [0, 0.05) is 13.2 Å². The van der Waals surface area contributed by atoms with Crippen LogP contribution in [0.25, 0.3) is 0 Å². The molecule has 2 bridgehead atoms. The number of hydrogen-bond acceptors (Lipinski definition) is 5. The molecule has 1 aromatic carbocycles. The molecule has 6 nitrogen and oxygen atoms in total. The van der Waals surface area contributed by atoms with Gasteiger partial charge in [-0.25, -0.2) is 0 Å². The summed E-state index contributed by atoms with van der Waals surface area (Å²) in [5, 5.41) is 20.2. The van der Waals surface area contributed by atoms with Crippen molar-refractivity contribution in [3.8, 4) is 5.75 Å². The fraction of sp³-hybridized carbons (Fsp3) is 0.632. The molecule has 25 heavy (non-hydrogen) atoms. The molecule has 3 fully saturated rings. The molecule has 0 amide bonds. The van der Waals surface area contributed by atoms with Crippen LogP contribution in [-0.2, 0) is 9.53 Å². The number of ether oxygens (including phenoxy) is 2. The van der Waals surface area contributed by atoms with E-state index in [0.29, 0.717) is 30.4 Å². The second-order valence-electron chi connectivity index (χ2n) is 7.06. The zero-order valence-corrected chi connectivity index (χ0v) is 14.7. The van der Waals surface area contributed by atoms with E-state index >= 15 is 0 Å². The van der Waals surface area contributed by atoms with Crippen LogP contribution in [0.2, 0.25) is 0 Å². The van der Waals surface area contributed by atoms with Crippen LogP contribution in [0.4, 0.5) is 0 Å². The molecule has 3 aliphatic heterocycles. The number of carboxylic acids is 1. The number of benzene rings is 1. The highest BCUT2D eigenvalue weighted by atomic mass is 16.5. The maximum atomic E-state index is 11.4. The Balaban J connectivity index is 1.60. The third-order valence-corrected chi connectivity index (χ3v) is 5.40. The third kappa shape index (κ3) is 4.14. The molecule has 0 radical (unpaired) electrons. The number of aliphatic hydroxyl groups is 1. The first-order valence-electron chi connectivity index (χ1n) is 9.00. The number of carboxylic acid groups (broad SMARTS) is 1. The Morgan fingerprint density at radius 1 is 1.32 bits per heavy atom. The minimum Gasteiger partial charge on any atom is -0.491 e. The molecule has 138 valence electrons. The third-order valence-electron chi connectivity index (χ3n) is 5.40. The van der Waals surface area contributed by atoms with Gasteiger partial charge in [-0.05, 0) is 56.5 Å². The van der Waals surface area contributed by atoms with Crippen LogP contribution in [0, 0.1) is 5.92 Å². The SMILES string of the molecule is CCOCC(C(=O)O)c1ccc(OCC2(O)CN3CCC2CC3)cc1. The lowest BCUT2D eigenvalue weighted by Gasteiger charge is -2.50. The second kappa shape index (κ2) is 7.72. The molecule has 0 aromatic heterocycles. The van der Waals surface area contributed by atoms with Crippen molar-refractivity contribution in [1.82, 2.24) is 4.90 Å². The molecule has 2 N–H and O–H groups in total. The normalized spacial score (nSPS) is 29.4. The topological polar surface area (TPSA) is 79.2 Å². The summed E-state index contributed by atoms with van der Waals surface area (Å²) in [6, 6.07) is 7.05. The number of nitrogens with zero attached hydrogens (tertiary/aromatic N) is 1. The molecule has 3 heterocycles. The molecule has 4 rings (SSSR count). The van der Waals surface area contributed by atoms with Crippen LogP contribution in [0.15, 0.2) is 24.3 Å². The minimum atomic E-state index is -0.899. The Morgan fingerprint density at radius 3 is 2.52 bits per heavy atom. The fourth-order valence-electron chi connectivity index (χ4n) is 3.86. The maximum absolute atomic E-state index is 11.4. The predicted octanol–water partition coefficient (Wildman–Crippen LogP) is 1.73. The largest absolute Gasteiger partial charge is 0.491 e. The van der Waals surface area contributed by atoms with Crippen molar-refractivity contribution < 1.29 is 24.5 Å². The highest BCUT2D eigenvalue weighted by Gasteiger charge is 2.45. The Hall–Kier alpha value is -1.63. The lowest BCUT2D eigenvalue weighted by atomic mass is 9.76. The van der Waals surface area contributed by atoms with Crippen molar-refractivity contribution in [1.29, 1.82) is 0 Å². The van der Waals surface area contributed by atoms with Crippen molar-refractivity contribution in [3.05, 3.63) is 29.8 Å². The van der Waals surface area contributed by atoms with E-state index < -0.39 is 17.5 Å². The summed E-state index contributed by atoms with van der Waals surface area (Å²) >= 11 is 0. The molecule has 1 aromatic rings. The van der Waals surface area contributed by atoms with Gasteiger partial charge < -0.3 is 24.6 Å². The van der Waals surface area contributed by atoms with Crippen LogP contribution in [0.3, 0.4) is 0 Å². The van der Waals surface area contributed by atoms with Gasteiger partial charge in [-0.2, -0.15) is 0 Å². The van der Waals surface area contributed by atoms with E-state index in [9.17, 15) is 15.0 Å². The summed E-state index contributed by atoms with van der Waals surface area (Å²) in [5.74, 6) is -0.627. The van der Waals surface area contributed by atoms with E-state index in [1.165, 1.54) is 0 Å². The van der Waals surface area contributed by atoms with Crippen LogP contribution in [0.1, 0.15) is 31.2 Å². The number of piperidine rings is 3. The summed E-state index contributed by atoms with van der Waals surface area (Å²) < 4.78 is 11.1. The summed E-state index contributed by atoms with van der Waals surface area (Å²) in [4.78, 5) is 13.7. The number of carbonyl (C=O) groups is 1. The van der Waals surface area contributed by atoms with E-state index in [1.807, 2.05) is 6.92 Å². The zero-order valence-electron chi connectivity index (χ0n) is 14.7. The van der Waals surface area contributed by atoms with Crippen LogP contribution < -0.4 is 4.74 Å². The first-order valence-corrected chi connectivity index (χ1v) is 9.00. The molecule has 0 spiro atoms. The first kappa shape index (κ1) is 18.2. The van der Waals surface area contributed by atoms with E-state index in [0.717, 1.165) is 25.9 Å². The van der Waals surface area contributed by atoms with Crippen LogP contribution in [-0.4, -0.2) is 66.1 Å². The number of aliphatic carboxylic acids is 1. The van der Waals surface area contributed by atoms with Gasteiger partial charge in [-0.1, -0.05) is 12.1 Å². The predicted molar refractivity (Wildman–Crippen MR) is 92.9 cm³/mol. The molecule has 0 aliphatic carbocycles. The summed E-state index contributed by atoms with van der Waals surface area (Å²) in [6.07, 6.45) is 2.05. The average molecular weight is 349 g/mol. The van der Waals surface area contributed by atoms with E-state index in [4.69, 9.17) is 9.47 Å². The molecule has 3 aliphatic rings. The Labute approximate surface area is 148 Å². The average Bonchev–Trinajstić information content (AvgIpc) is 2.62. The maximum Gasteiger partial charge on any atom is 0.313 e. The summed E-state index contributed by atoms with van der Waals surface area (Å²) in [6.45, 7) is 5.57. The lowest BCUT2D eigenvalue weighted by molar-refractivity contribution is -0.140. The smallest absolute Gasteiger partial charge is 0.313 e. The Bertz CT molecular complexity index is 582. The first-order chi connectivity index (χ1) is 12.0. The van der Waals surface area contributed by atoms with Gasteiger partial charge in [0.2, 0.25) is 0 Å². The van der Waals surface area contributed by atoms with Crippen molar-refractivity contribution in [2.24, 2.45) is 5.92 Å². The molecular weight excluding hydrogens is 322 g/mol. The van der Waals surface area contributed by atoms with E-state index in [-0.39, 0.29) is 13.2 Å². The zero-order chi connectivity index (χ0) is 17.9. The van der Waals surface area contributed by atoms with Gasteiger partial charge in [0.15, 0.2) is 0 Å². The molecular formula is C19H27NO5. The lowest BCUT2D eigenvalue weighted by Crippen LogP contribution is -2.61.